The van der Waals surface area contributed by atoms with Crippen LogP contribution in [0.2, 0.25) is 10.0 Å². The number of benzene rings is 1. The van der Waals surface area contributed by atoms with Crippen molar-refractivity contribution in [1.82, 2.24) is 10.3 Å². The maximum absolute atomic E-state index is 11.6. The van der Waals surface area contributed by atoms with Crippen molar-refractivity contribution in [3.63, 3.8) is 0 Å². The number of hydrogen-bond donors (Lipinski definition) is 3. The lowest BCUT2D eigenvalue weighted by atomic mass is 10.3. The van der Waals surface area contributed by atoms with E-state index in [2.05, 4.69) is 20.9 Å². The standard InChI is InChI=1S/C15H16Cl2N4O/c1-9(2)19-15(22)21-12-3-4-14(18-8-12)20-13-6-10(16)5-11(17)7-13/h3-9H,1-2H3,(H,18,20)(H2,19,21,22). The Bertz CT molecular complexity index is 639. The minimum Gasteiger partial charge on any atom is -0.340 e. The molecule has 0 spiro atoms. The van der Waals surface area contributed by atoms with E-state index in [1.165, 1.54) is 0 Å². The molecule has 22 heavy (non-hydrogen) atoms. The van der Waals surface area contributed by atoms with Crippen molar-refractivity contribution in [1.29, 1.82) is 0 Å². The molecule has 0 fully saturated rings. The number of amides is 2. The predicted octanol–water partition coefficient (Wildman–Crippen LogP) is 4.66. The maximum Gasteiger partial charge on any atom is 0.319 e. The van der Waals surface area contributed by atoms with Crippen LogP contribution in [0.25, 0.3) is 0 Å². The molecule has 0 saturated carbocycles. The molecule has 0 unspecified atom stereocenters. The van der Waals surface area contributed by atoms with E-state index in [1.54, 1.807) is 36.5 Å². The van der Waals surface area contributed by atoms with Gasteiger partial charge in [0, 0.05) is 21.8 Å². The van der Waals surface area contributed by atoms with E-state index in [0.717, 1.165) is 5.69 Å². The lowest BCUT2D eigenvalue weighted by Crippen LogP contribution is -2.34. The Morgan fingerprint density at radius 1 is 1.09 bits per heavy atom. The zero-order valence-electron chi connectivity index (χ0n) is 12.2. The van der Waals surface area contributed by atoms with Gasteiger partial charge in [0.25, 0.3) is 0 Å². The summed E-state index contributed by atoms with van der Waals surface area (Å²) in [6.45, 7) is 3.78. The number of carbonyl (C=O) groups excluding carboxylic acids is 1. The first-order valence-electron chi connectivity index (χ1n) is 6.69. The van der Waals surface area contributed by atoms with Gasteiger partial charge in [0.1, 0.15) is 5.82 Å². The Hall–Kier alpha value is -1.98. The van der Waals surface area contributed by atoms with E-state index in [0.29, 0.717) is 21.6 Å². The first-order valence-corrected chi connectivity index (χ1v) is 7.44. The van der Waals surface area contributed by atoms with Gasteiger partial charge < -0.3 is 16.0 Å². The van der Waals surface area contributed by atoms with Gasteiger partial charge in [0.05, 0.1) is 11.9 Å². The zero-order valence-corrected chi connectivity index (χ0v) is 13.7. The summed E-state index contributed by atoms with van der Waals surface area (Å²) in [6, 6.07) is 8.46. The highest BCUT2D eigenvalue weighted by Crippen LogP contribution is 2.24. The molecule has 2 rings (SSSR count). The Balaban J connectivity index is 2.01. The van der Waals surface area contributed by atoms with Crippen molar-refractivity contribution < 1.29 is 4.79 Å². The summed E-state index contributed by atoms with van der Waals surface area (Å²) < 4.78 is 0. The molecule has 0 aliphatic carbocycles. The fourth-order valence-electron chi connectivity index (χ4n) is 1.75. The van der Waals surface area contributed by atoms with Crippen molar-refractivity contribution in [3.8, 4) is 0 Å². The quantitative estimate of drug-likeness (QED) is 0.759. The number of aromatic nitrogens is 1. The summed E-state index contributed by atoms with van der Waals surface area (Å²) in [6.07, 6.45) is 1.56. The van der Waals surface area contributed by atoms with Crippen LogP contribution in [0.4, 0.5) is 22.0 Å². The smallest absolute Gasteiger partial charge is 0.319 e. The highest BCUT2D eigenvalue weighted by Gasteiger charge is 2.04. The summed E-state index contributed by atoms with van der Waals surface area (Å²) in [5.74, 6) is 0.619. The second-order valence-electron chi connectivity index (χ2n) is 4.97. The molecule has 3 N–H and O–H groups in total. The van der Waals surface area contributed by atoms with Crippen molar-refractivity contribution in [3.05, 3.63) is 46.6 Å². The molecule has 0 saturated heterocycles. The number of pyridine rings is 1. The second-order valence-corrected chi connectivity index (χ2v) is 5.84. The molecule has 5 nitrogen and oxygen atoms in total. The van der Waals surface area contributed by atoms with Gasteiger partial charge in [-0.3, -0.25) is 0 Å². The summed E-state index contributed by atoms with van der Waals surface area (Å²) >= 11 is 11.9. The Morgan fingerprint density at radius 2 is 1.77 bits per heavy atom. The van der Waals surface area contributed by atoms with Gasteiger partial charge in [-0.05, 0) is 44.2 Å². The Kier molecular flexibility index (Phi) is 5.46. The third-order valence-electron chi connectivity index (χ3n) is 2.58. The molecule has 0 bridgehead atoms. The summed E-state index contributed by atoms with van der Waals surface area (Å²) in [5, 5.41) is 9.61. The first kappa shape index (κ1) is 16.4. The zero-order chi connectivity index (χ0) is 16.1. The first-order chi connectivity index (χ1) is 10.4. The third kappa shape index (κ3) is 5.09. The van der Waals surface area contributed by atoms with Crippen LogP contribution in [0, 0.1) is 0 Å². The summed E-state index contributed by atoms with van der Waals surface area (Å²) in [7, 11) is 0. The normalized spacial score (nSPS) is 10.4. The van der Waals surface area contributed by atoms with Gasteiger partial charge in [0.2, 0.25) is 0 Å². The highest BCUT2D eigenvalue weighted by atomic mass is 35.5. The number of halogens is 2. The van der Waals surface area contributed by atoms with Gasteiger partial charge >= 0.3 is 6.03 Å². The Morgan fingerprint density at radius 3 is 2.32 bits per heavy atom. The van der Waals surface area contributed by atoms with E-state index in [1.807, 2.05) is 13.8 Å². The number of urea groups is 1. The monoisotopic (exact) mass is 338 g/mol. The third-order valence-corrected chi connectivity index (χ3v) is 3.01. The minimum absolute atomic E-state index is 0.0708. The second kappa shape index (κ2) is 7.33. The van der Waals surface area contributed by atoms with E-state index < -0.39 is 0 Å². The van der Waals surface area contributed by atoms with Gasteiger partial charge in [-0.25, -0.2) is 9.78 Å². The molecular formula is C15H16Cl2N4O. The van der Waals surface area contributed by atoms with Gasteiger partial charge in [-0.2, -0.15) is 0 Å². The fraction of sp³-hybridized carbons (Fsp3) is 0.200. The number of anilines is 3. The molecule has 1 aromatic heterocycles. The van der Waals surface area contributed by atoms with Crippen LogP contribution in [0.1, 0.15) is 13.8 Å². The molecule has 7 heteroatoms. The Labute approximate surface area is 139 Å². The van der Waals surface area contributed by atoms with Crippen molar-refractivity contribution in [2.75, 3.05) is 10.6 Å². The maximum atomic E-state index is 11.6. The number of nitrogens with one attached hydrogen (secondary N) is 3. The SMILES string of the molecule is CC(C)NC(=O)Nc1ccc(Nc2cc(Cl)cc(Cl)c2)nc1. The van der Waals surface area contributed by atoms with E-state index in [9.17, 15) is 4.79 Å². The molecule has 2 amide bonds. The van der Waals surface area contributed by atoms with Crippen LogP contribution in [-0.4, -0.2) is 17.1 Å². The topological polar surface area (TPSA) is 66.1 Å². The van der Waals surface area contributed by atoms with Crippen molar-refractivity contribution in [2.24, 2.45) is 0 Å². The number of carbonyl (C=O) groups is 1. The molecule has 0 atom stereocenters. The lowest BCUT2D eigenvalue weighted by molar-refractivity contribution is 0.250. The molecule has 0 aliphatic rings. The molecular weight excluding hydrogens is 323 g/mol. The highest BCUT2D eigenvalue weighted by molar-refractivity contribution is 6.35. The van der Waals surface area contributed by atoms with Crippen molar-refractivity contribution in [2.45, 2.75) is 19.9 Å². The number of rotatable bonds is 4. The van der Waals surface area contributed by atoms with Crippen molar-refractivity contribution >= 4 is 46.4 Å². The van der Waals surface area contributed by atoms with Gasteiger partial charge in [-0.15, -0.1) is 0 Å². The molecule has 1 aromatic carbocycles. The molecule has 1 heterocycles. The number of nitrogens with zero attached hydrogens (tertiary/aromatic N) is 1. The van der Waals surface area contributed by atoms with Crippen LogP contribution >= 0.6 is 23.2 Å². The molecule has 0 radical (unpaired) electrons. The molecule has 116 valence electrons. The average Bonchev–Trinajstić information content (AvgIpc) is 2.39. The van der Waals surface area contributed by atoms with E-state index >= 15 is 0 Å². The largest absolute Gasteiger partial charge is 0.340 e. The minimum atomic E-state index is -0.265. The van der Waals surface area contributed by atoms with Crippen LogP contribution in [0.3, 0.4) is 0 Å². The fourth-order valence-corrected chi connectivity index (χ4v) is 2.27. The van der Waals surface area contributed by atoms with Crippen LogP contribution in [-0.2, 0) is 0 Å². The lowest BCUT2D eigenvalue weighted by Gasteiger charge is -2.11. The van der Waals surface area contributed by atoms with E-state index in [-0.39, 0.29) is 12.1 Å². The van der Waals surface area contributed by atoms with Crippen LogP contribution in [0.5, 0.6) is 0 Å². The average molecular weight is 339 g/mol. The van der Waals surface area contributed by atoms with Crippen LogP contribution in [0.15, 0.2) is 36.5 Å². The van der Waals surface area contributed by atoms with Crippen LogP contribution < -0.4 is 16.0 Å². The predicted molar refractivity (Wildman–Crippen MR) is 91.3 cm³/mol. The summed E-state index contributed by atoms with van der Waals surface area (Å²) in [5.41, 5.74) is 1.34. The summed E-state index contributed by atoms with van der Waals surface area (Å²) in [4.78, 5) is 15.8. The van der Waals surface area contributed by atoms with E-state index in [4.69, 9.17) is 23.2 Å². The van der Waals surface area contributed by atoms with Gasteiger partial charge in [0.15, 0.2) is 0 Å². The number of hydrogen-bond acceptors (Lipinski definition) is 3. The molecule has 2 aromatic rings. The molecule has 0 aliphatic heterocycles. The van der Waals surface area contributed by atoms with Gasteiger partial charge in [-0.1, -0.05) is 23.2 Å².